The molecule has 0 saturated carbocycles. The monoisotopic (exact) mass is 336 g/mol. The van der Waals surface area contributed by atoms with E-state index in [2.05, 4.69) is 16.0 Å². The van der Waals surface area contributed by atoms with Crippen LogP contribution in [0.25, 0.3) is 0 Å². The predicted molar refractivity (Wildman–Crippen MR) is 94.8 cm³/mol. The minimum Gasteiger partial charge on any atom is -0.506 e. The van der Waals surface area contributed by atoms with Gasteiger partial charge in [0, 0.05) is 24.5 Å². The van der Waals surface area contributed by atoms with Gasteiger partial charge in [-0.05, 0) is 30.3 Å². The molecule has 0 fully saturated rings. The summed E-state index contributed by atoms with van der Waals surface area (Å²) in [4.78, 5) is 23.2. The fourth-order valence-electron chi connectivity index (χ4n) is 1.96. The molecule has 0 aliphatic rings. The van der Waals surface area contributed by atoms with Crippen LogP contribution in [0.1, 0.15) is 6.92 Å². The number of phenols is 1. The Labute approximate surface area is 144 Å². The number of hydrogen-bond donors (Lipinski definition) is 4. The molecule has 7 nitrogen and oxygen atoms in total. The molecule has 0 heterocycles. The Morgan fingerprint density at radius 3 is 2.48 bits per heavy atom. The van der Waals surface area contributed by atoms with Crippen LogP contribution in [0.5, 0.6) is 5.75 Å². The van der Waals surface area contributed by atoms with Crippen LogP contribution in [0.2, 0.25) is 0 Å². The number of nitrogens with zero attached hydrogens (tertiary/aromatic N) is 1. The highest BCUT2D eigenvalue weighted by molar-refractivity contribution is 6.07. The number of nitrogens with one attached hydrogen (secondary N) is 3. The van der Waals surface area contributed by atoms with Crippen molar-refractivity contribution in [3.63, 3.8) is 0 Å². The first-order chi connectivity index (χ1) is 12.0. The molecule has 7 heteroatoms. The van der Waals surface area contributed by atoms with Crippen LogP contribution < -0.4 is 16.0 Å². The molecule has 0 unspecified atom stereocenters. The van der Waals surface area contributed by atoms with Crippen molar-refractivity contribution < 1.29 is 14.7 Å². The second kappa shape index (κ2) is 8.17. The van der Waals surface area contributed by atoms with Crippen molar-refractivity contribution in [3.05, 3.63) is 60.3 Å². The quantitative estimate of drug-likeness (QED) is 0.381. The number of nitriles is 1. The maximum absolute atomic E-state index is 12.1. The molecule has 4 N–H and O–H groups in total. The van der Waals surface area contributed by atoms with Gasteiger partial charge in [0.1, 0.15) is 17.4 Å². The van der Waals surface area contributed by atoms with Gasteiger partial charge < -0.3 is 21.1 Å². The molecule has 2 aromatic rings. The highest BCUT2D eigenvalue weighted by atomic mass is 16.3. The summed E-state index contributed by atoms with van der Waals surface area (Å²) in [5, 5.41) is 26.7. The highest BCUT2D eigenvalue weighted by Gasteiger charge is 2.11. The van der Waals surface area contributed by atoms with E-state index in [1.807, 2.05) is 0 Å². The number of benzene rings is 2. The van der Waals surface area contributed by atoms with Crippen molar-refractivity contribution in [3.8, 4) is 11.8 Å². The number of hydrogen-bond acceptors (Lipinski definition) is 5. The van der Waals surface area contributed by atoms with E-state index in [1.54, 1.807) is 42.5 Å². The van der Waals surface area contributed by atoms with Gasteiger partial charge in [0.25, 0.3) is 5.91 Å². The largest absolute Gasteiger partial charge is 0.506 e. The number of para-hydroxylation sites is 2. The molecule has 126 valence electrons. The summed E-state index contributed by atoms with van der Waals surface area (Å²) in [5.74, 6) is -0.953. The topological polar surface area (TPSA) is 114 Å². The van der Waals surface area contributed by atoms with Crippen LogP contribution in [-0.4, -0.2) is 16.9 Å². The minimum absolute atomic E-state index is 0.0934. The predicted octanol–water partition coefficient (Wildman–Crippen LogP) is 2.81. The Bertz CT molecular complexity index is 869. The third-order valence-corrected chi connectivity index (χ3v) is 3.08. The van der Waals surface area contributed by atoms with E-state index in [0.717, 1.165) is 0 Å². The Morgan fingerprint density at radius 2 is 1.80 bits per heavy atom. The summed E-state index contributed by atoms with van der Waals surface area (Å²) >= 11 is 0. The van der Waals surface area contributed by atoms with Crippen molar-refractivity contribution in [2.24, 2.45) is 0 Å². The lowest BCUT2D eigenvalue weighted by molar-refractivity contribution is -0.114. The molecule has 0 radical (unpaired) electrons. The molecule has 0 aliphatic carbocycles. The molecular formula is C18H16N4O3. The maximum Gasteiger partial charge on any atom is 0.267 e. The molecule has 0 spiro atoms. The van der Waals surface area contributed by atoms with Gasteiger partial charge in [0.2, 0.25) is 5.91 Å². The average Bonchev–Trinajstić information content (AvgIpc) is 2.57. The van der Waals surface area contributed by atoms with Gasteiger partial charge >= 0.3 is 0 Å². The SMILES string of the molecule is CC(=O)Nc1cccc(N/C=C(/C#N)C(=O)Nc2ccccc2O)c1. The lowest BCUT2D eigenvalue weighted by Crippen LogP contribution is -2.14. The highest BCUT2D eigenvalue weighted by Crippen LogP contribution is 2.22. The van der Waals surface area contributed by atoms with Crippen LogP contribution in [-0.2, 0) is 9.59 Å². The van der Waals surface area contributed by atoms with Gasteiger partial charge in [-0.15, -0.1) is 0 Å². The third-order valence-electron chi connectivity index (χ3n) is 3.08. The number of aromatic hydroxyl groups is 1. The van der Waals surface area contributed by atoms with Gasteiger partial charge in [0.05, 0.1) is 5.69 Å². The third kappa shape index (κ3) is 5.11. The number of rotatable bonds is 5. The number of phenolic OH excluding ortho intramolecular Hbond substituents is 1. The second-order valence-corrected chi connectivity index (χ2v) is 5.05. The second-order valence-electron chi connectivity index (χ2n) is 5.05. The molecule has 0 saturated heterocycles. The molecule has 0 bridgehead atoms. The molecule has 0 atom stereocenters. The van der Waals surface area contributed by atoms with Crippen molar-refractivity contribution in [1.29, 1.82) is 5.26 Å². The Hall–Kier alpha value is -3.79. The standard InChI is InChI=1S/C18H16N4O3/c1-12(23)21-15-6-4-5-14(9-15)20-11-13(10-19)18(25)22-16-7-2-3-8-17(16)24/h2-9,11,20,24H,1H3,(H,21,23)(H,22,25)/b13-11-. The first-order valence-electron chi connectivity index (χ1n) is 7.33. The van der Waals surface area contributed by atoms with Gasteiger partial charge in [-0.3, -0.25) is 9.59 Å². The number of carbonyl (C=O) groups excluding carboxylic acids is 2. The van der Waals surface area contributed by atoms with Crippen LogP contribution in [0.4, 0.5) is 17.1 Å². The van der Waals surface area contributed by atoms with E-state index >= 15 is 0 Å². The zero-order valence-electron chi connectivity index (χ0n) is 13.4. The molecular weight excluding hydrogens is 320 g/mol. The molecule has 0 aromatic heterocycles. The van der Waals surface area contributed by atoms with Crippen LogP contribution in [0.3, 0.4) is 0 Å². The van der Waals surface area contributed by atoms with Crippen LogP contribution >= 0.6 is 0 Å². The first kappa shape index (κ1) is 17.6. The van der Waals surface area contributed by atoms with Crippen LogP contribution in [0, 0.1) is 11.3 Å². The number of carbonyl (C=O) groups is 2. The zero-order valence-corrected chi connectivity index (χ0v) is 13.4. The maximum atomic E-state index is 12.1. The fraction of sp³-hybridized carbons (Fsp3) is 0.0556. The smallest absolute Gasteiger partial charge is 0.267 e. The Balaban J connectivity index is 2.10. The van der Waals surface area contributed by atoms with Crippen molar-refractivity contribution in [1.82, 2.24) is 0 Å². The van der Waals surface area contributed by atoms with E-state index in [0.29, 0.717) is 11.4 Å². The van der Waals surface area contributed by atoms with E-state index in [1.165, 1.54) is 25.3 Å². The Morgan fingerprint density at radius 1 is 1.08 bits per heavy atom. The van der Waals surface area contributed by atoms with E-state index in [-0.39, 0.29) is 22.9 Å². The van der Waals surface area contributed by atoms with Gasteiger partial charge in [0.15, 0.2) is 0 Å². The molecule has 2 rings (SSSR count). The molecule has 2 amide bonds. The zero-order chi connectivity index (χ0) is 18.2. The molecule has 25 heavy (non-hydrogen) atoms. The van der Waals surface area contributed by atoms with Crippen molar-refractivity contribution >= 4 is 28.9 Å². The fourth-order valence-corrected chi connectivity index (χ4v) is 1.96. The molecule has 2 aromatic carbocycles. The summed E-state index contributed by atoms with van der Waals surface area (Å²) in [6.45, 7) is 1.40. The van der Waals surface area contributed by atoms with Gasteiger partial charge in [-0.1, -0.05) is 18.2 Å². The summed E-state index contributed by atoms with van der Waals surface area (Å²) in [6, 6.07) is 14.8. The first-order valence-corrected chi connectivity index (χ1v) is 7.33. The van der Waals surface area contributed by atoms with E-state index < -0.39 is 5.91 Å². The van der Waals surface area contributed by atoms with Crippen molar-refractivity contribution in [2.75, 3.05) is 16.0 Å². The number of anilines is 3. The average molecular weight is 336 g/mol. The summed E-state index contributed by atoms with van der Waals surface area (Å²) in [7, 11) is 0. The van der Waals surface area contributed by atoms with Crippen LogP contribution in [0.15, 0.2) is 60.3 Å². The van der Waals surface area contributed by atoms with E-state index in [4.69, 9.17) is 5.26 Å². The van der Waals surface area contributed by atoms with Gasteiger partial charge in [-0.25, -0.2) is 0 Å². The Kier molecular flexibility index (Phi) is 5.74. The van der Waals surface area contributed by atoms with Crippen molar-refractivity contribution in [2.45, 2.75) is 6.92 Å². The molecule has 0 aliphatic heterocycles. The van der Waals surface area contributed by atoms with E-state index in [9.17, 15) is 14.7 Å². The summed E-state index contributed by atoms with van der Waals surface area (Å²) < 4.78 is 0. The lowest BCUT2D eigenvalue weighted by Gasteiger charge is -2.08. The number of amides is 2. The van der Waals surface area contributed by atoms with Gasteiger partial charge in [-0.2, -0.15) is 5.26 Å². The minimum atomic E-state index is -0.658. The summed E-state index contributed by atoms with van der Waals surface area (Å²) in [6.07, 6.45) is 1.25. The summed E-state index contributed by atoms with van der Waals surface area (Å²) in [5.41, 5.74) is 1.21. The normalized spacial score (nSPS) is 10.5. The lowest BCUT2D eigenvalue weighted by atomic mass is 10.2.